The summed E-state index contributed by atoms with van der Waals surface area (Å²) < 4.78 is 95.9. The van der Waals surface area contributed by atoms with E-state index in [1.807, 2.05) is 331 Å². The van der Waals surface area contributed by atoms with Gasteiger partial charge in [0.15, 0.2) is 69.9 Å². The molecule has 0 aliphatic carbocycles. The number of hydrogen-bond acceptors (Lipinski definition) is 13. The maximum Gasteiger partial charge on any atom is 0.416 e. The van der Waals surface area contributed by atoms with Crippen molar-refractivity contribution in [2.75, 3.05) is 0 Å². The van der Waals surface area contributed by atoms with E-state index in [-0.39, 0.29) is 28.3 Å². The highest BCUT2D eigenvalue weighted by molar-refractivity contribution is 6.14. The van der Waals surface area contributed by atoms with E-state index in [0.717, 1.165) is 44.5 Å². The minimum atomic E-state index is -5.22. The standard InChI is InChI=1S/C105H61F6N15/c106-104(107,108)78-54-77(55-79(61-78)105(109,110)111)71-44-49-89(125-85-50-45-72(100-117-92(63-26-9-1-10-27-63)113-93(118-100)64-28-11-2-12-29-64)57-80(85)81-58-73(46-51-86(81)125)101-119-94(65-30-13-3-14-31-65)114-95(120-101)66-32-15-4-16-33-66)84(56-71)91-76(62-112)42-25-43-90(91)126-87-52-47-74(102-121-96(67-34-17-5-18-35-67)115-97(122-102)68-36-19-6-20-37-68)59-82(87)83-60-75(48-53-88(83)126)103-123-98(69-38-21-7-22-39-69)116-99(124-103)70-40-23-8-24-41-70/h1-61H. The summed E-state index contributed by atoms with van der Waals surface area (Å²) in [5.74, 6) is 4.77. The molecule has 21 aromatic rings. The maximum absolute atomic E-state index is 15.3. The normalized spacial score (nSPS) is 11.7. The van der Waals surface area contributed by atoms with Crippen molar-refractivity contribution in [3.8, 4) is 176 Å². The number of benzene rings is 15. The van der Waals surface area contributed by atoms with Gasteiger partial charge in [0.25, 0.3) is 0 Å². The number of aromatic nitrogens is 14. The number of alkyl halides is 6. The molecule has 126 heavy (non-hydrogen) atoms. The number of nitrogens with zero attached hydrogens (tertiary/aromatic N) is 15. The van der Waals surface area contributed by atoms with Crippen molar-refractivity contribution in [3.05, 3.63) is 387 Å². The molecule has 0 bridgehead atoms. The highest BCUT2D eigenvalue weighted by Crippen LogP contribution is 2.48. The fourth-order valence-corrected chi connectivity index (χ4v) is 16.2. The third-order valence-electron chi connectivity index (χ3n) is 22.2. The van der Waals surface area contributed by atoms with Crippen molar-refractivity contribution >= 4 is 43.6 Å². The molecule has 6 aromatic heterocycles. The molecule has 21 rings (SSSR count). The molecule has 0 aliphatic rings. The molecular weight excluding hydrogens is 1590 g/mol. The van der Waals surface area contributed by atoms with Crippen LogP contribution in [0.5, 0.6) is 0 Å². The Bertz CT molecular complexity index is 7220. The lowest BCUT2D eigenvalue weighted by Crippen LogP contribution is -2.11. The fraction of sp³-hybridized carbons (Fsp3) is 0.0190. The minimum absolute atomic E-state index is 0.0355. The van der Waals surface area contributed by atoms with Crippen LogP contribution >= 0.6 is 0 Å². The second kappa shape index (κ2) is 31.5. The summed E-state index contributed by atoms with van der Waals surface area (Å²) in [7, 11) is 0. The van der Waals surface area contributed by atoms with E-state index >= 15 is 26.3 Å². The van der Waals surface area contributed by atoms with Gasteiger partial charge < -0.3 is 9.13 Å². The van der Waals surface area contributed by atoms with Gasteiger partial charge in [-0.15, -0.1) is 0 Å². The predicted octanol–water partition coefficient (Wildman–Crippen LogP) is 25.9. The second-order valence-corrected chi connectivity index (χ2v) is 30.1. The lowest BCUT2D eigenvalue weighted by Gasteiger charge is -2.21. The molecule has 0 saturated heterocycles. The first-order valence-electron chi connectivity index (χ1n) is 40.3. The van der Waals surface area contributed by atoms with E-state index in [1.54, 1.807) is 24.3 Å². The van der Waals surface area contributed by atoms with Gasteiger partial charge in [0.05, 0.1) is 56.2 Å². The summed E-state index contributed by atoms with van der Waals surface area (Å²) in [5.41, 5.74) is 8.61. The Balaban J connectivity index is 0.844. The third-order valence-corrected chi connectivity index (χ3v) is 22.2. The maximum atomic E-state index is 15.3. The molecule has 15 nitrogen and oxygen atoms in total. The SMILES string of the molecule is N#Cc1cccc(-n2c3ccc(-c4nc(-c5ccccc5)nc(-c5ccccc5)n4)cc3c3cc(-c4nc(-c5ccccc5)nc(-c5ccccc5)n4)ccc32)c1-c1cc(-c2cc(C(F)(F)F)cc(C(F)(F)F)c2)ccc1-n1c2ccc(-c3nc(-c4ccccc4)nc(-c4ccccc4)n3)cc2c2cc(-c3nc(-c4ccccc4)nc(-c4ccccc4)n3)ccc21. The topological polar surface area (TPSA) is 188 Å². The molecule has 0 unspecified atom stereocenters. The molecule has 21 heteroatoms. The van der Waals surface area contributed by atoms with Crippen LogP contribution in [-0.2, 0) is 12.4 Å². The summed E-state index contributed by atoms with van der Waals surface area (Å²) in [6, 6.07) is 114. The van der Waals surface area contributed by atoms with Gasteiger partial charge in [0.2, 0.25) is 0 Å². The van der Waals surface area contributed by atoms with Crippen molar-refractivity contribution < 1.29 is 26.3 Å². The van der Waals surface area contributed by atoms with Gasteiger partial charge in [-0.3, -0.25) is 0 Å². The summed E-state index contributed by atoms with van der Waals surface area (Å²) in [4.78, 5) is 61.5. The van der Waals surface area contributed by atoms with Gasteiger partial charge >= 0.3 is 12.4 Å². The van der Waals surface area contributed by atoms with E-state index in [4.69, 9.17) is 59.8 Å². The smallest absolute Gasteiger partial charge is 0.309 e. The number of halogens is 6. The van der Waals surface area contributed by atoms with Crippen LogP contribution in [0.3, 0.4) is 0 Å². The Hall–Kier alpha value is -17.0. The van der Waals surface area contributed by atoms with Gasteiger partial charge in [-0.05, 0) is 126 Å². The zero-order chi connectivity index (χ0) is 85.2. The molecular formula is C105H61F6N15. The van der Waals surface area contributed by atoms with Gasteiger partial charge in [0.1, 0.15) is 0 Å². The quantitative estimate of drug-likeness (QED) is 0.0832. The van der Waals surface area contributed by atoms with Crippen molar-refractivity contribution in [2.24, 2.45) is 0 Å². The molecule has 0 saturated carbocycles. The fourth-order valence-electron chi connectivity index (χ4n) is 16.2. The zero-order valence-electron chi connectivity index (χ0n) is 66.2. The van der Waals surface area contributed by atoms with Crippen LogP contribution in [0.15, 0.2) is 370 Å². The van der Waals surface area contributed by atoms with Crippen LogP contribution in [0.2, 0.25) is 0 Å². The Morgan fingerprint density at radius 3 is 0.690 bits per heavy atom. The first kappa shape index (κ1) is 76.4. The van der Waals surface area contributed by atoms with Gasteiger partial charge in [0, 0.05) is 99.4 Å². The van der Waals surface area contributed by atoms with E-state index in [9.17, 15) is 5.26 Å². The first-order valence-corrected chi connectivity index (χ1v) is 40.3. The minimum Gasteiger partial charge on any atom is -0.309 e. The van der Waals surface area contributed by atoms with Crippen LogP contribution in [0, 0.1) is 11.3 Å². The van der Waals surface area contributed by atoms with Crippen LogP contribution in [0.1, 0.15) is 16.7 Å². The van der Waals surface area contributed by atoms with Crippen molar-refractivity contribution in [1.82, 2.24) is 68.9 Å². The zero-order valence-corrected chi connectivity index (χ0v) is 66.2. The number of nitriles is 1. The summed E-state index contributed by atoms with van der Waals surface area (Å²) >= 11 is 0. The van der Waals surface area contributed by atoms with Crippen LogP contribution < -0.4 is 0 Å². The van der Waals surface area contributed by atoms with Gasteiger partial charge in [-0.25, -0.2) is 59.8 Å². The van der Waals surface area contributed by atoms with Crippen molar-refractivity contribution in [2.45, 2.75) is 12.4 Å². The predicted molar refractivity (Wildman–Crippen MR) is 479 cm³/mol. The molecule has 0 fully saturated rings. The summed E-state index contributed by atoms with van der Waals surface area (Å²) in [6.07, 6.45) is -10.4. The molecule has 15 aromatic carbocycles. The lowest BCUT2D eigenvalue weighted by atomic mass is 9.91. The number of rotatable bonds is 16. The number of fused-ring (bicyclic) bond motifs is 6. The van der Waals surface area contributed by atoms with Crippen LogP contribution in [0.4, 0.5) is 26.3 Å². The molecule has 6 heterocycles. The van der Waals surface area contributed by atoms with E-state index in [1.165, 1.54) is 6.07 Å². The average Bonchev–Trinajstić information content (AvgIpc) is 1.56. The summed E-state index contributed by atoms with van der Waals surface area (Å²) in [5, 5.41) is 14.7. The molecule has 0 atom stereocenters. The van der Waals surface area contributed by atoms with Crippen molar-refractivity contribution in [3.63, 3.8) is 0 Å². The molecule has 0 radical (unpaired) electrons. The Kier molecular flexibility index (Phi) is 19.1. The molecule has 0 spiro atoms. The highest BCUT2D eigenvalue weighted by atomic mass is 19.4. The molecule has 0 N–H and O–H groups in total. The second-order valence-electron chi connectivity index (χ2n) is 30.1. The van der Waals surface area contributed by atoms with Gasteiger partial charge in [-0.1, -0.05) is 255 Å². The van der Waals surface area contributed by atoms with Crippen molar-refractivity contribution in [1.29, 1.82) is 5.26 Å². The lowest BCUT2D eigenvalue weighted by molar-refractivity contribution is -0.143. The molecule has 0 amide bonds. The first-order chi connectivity index (χ1) is 61.6. The summed E-state index contributed by atoms with van der Waals surface area (Å²) in [6.45, 7) is 0. The van der Waals surface area contributed by atoms with Crippen LogP contribution in [0.25, 0.3) is 214 Å². The number of hydrogen-bond donors (Lipinski definition) is 0. The molecule has 0 aliphatic heterocycles. The van der Waals surface area contributed by atoms with Gasteiger partial charge in [-0.2, -0.15) is 31.6 Å². The average molecular weight is 1650 g/mol. The van der Waals surface area contributed by atoms with E-state index < -0.39 is 29.0 Å². The van der Waals surface area contributed by atoms with E-state index in [0.29, 0.717) is 159 Å². The monoisotopic (exact) mass is 1650 g/mol. The van der Waals surface area contributed by atoms with E-state index in [2.05, 4.69) is 6.07 Å². The molecule has 598 valence electrons. The highest BCUT2D eigenvalue weighted by Gasteiger charge is 2.38. The Labute approximate surface area is 715 Å². The van der Waals surface area contributed by atoms with Crippen LogP contribution in [-0.4, -0.2) is 68.9 Å². The third kappa shape index (κ3) is 14.5. The largest absolute Gasteiger partial charge is 0.416 e. The Morgan fingerprint density at radius 1 is 0.206 bits per heavy atom. The Morgan fingerprint density at radius 2 is 0.444 bits per heavy atom.